The topological polar surface area (TPSA) is 61.4 Å². The predicted octanol–water partition coefficient (Wildman–Crippen LogP) is 4.37. The van der Waals surface area contributed by atoms with Gasteiger partial charge in [-0.25, -0.2) is 4.68 Å². The van der Waals surface area contributed by atoms with E-state index in [0.29, 0.717) is 0 Å². The summed E-state index contributed by atoms with van der Waals surface area (Å²) >= 11 is 1.63. The van der Waals surface area contributed by atoms with Gasteiger partial charge in [-0.1, -0.05) is 30.0 Å². The lowest BCUT2D eigenvalue weighted by Crippen LogP contribution is -2.00. The highest BCUT2D eigenvalue weighted by molar-refractivity contribution is 7.98. The number of benzene rings is 2. The molecule has 0 N–H and O–H groups in total. The van der Waals surface area contributed by atoms with Gasteiger partial charge in [0.25, 0.3) is 0 Å². The number of aryl methyl sites for hydroxylation is 4. The second-order valence-electron chi connectivity index (χ2n) is 6.94. The minimum atomic E-state index is 0.783. The number of hydrogen-bond donors (Lipinski definition) is 0. The van der Waals surface area contributed by atoms with E-state index in [-0.39, 0.29) is 0 Å². The third-order valence-corrected chi connectivity index (χ3v) is 5.72. The Kier molecular flexibility index (Phi) is 5.00. The number of hydrogen-bond acceptors (Lipinski definition) is 5. The Morgan fingerprint density at radius 2 is 1.57 bits per heavy atom. The summed E-state index contributed by atoms with van der Waals surface area (Å²) in [6.45, 7) is 8.27. The quantitative estimate of drug-likeness (QED) is 0.474. The fraction of sp³-hybridized carbons (Fsp3) is 0.238. The van der Waals surface area contributed by atoms with Gasteiger partial charge >= 0.3 is 0 Å². The van der Waals surface area contributed by atoms with Crippen LogP contribution in [0.4, 0.5) is 0 Å². The molecule has 142 valence electrons. The lowest BCUT2D eigenvalue weighted by Gasteiger charge is -2.08. The second-order valence-corrected chi connectivity index (χ2v) is 7.88. The first-order valence-electron chi connectivity index (χ1n) is 9.12. The lowest BCUT2D eigenvalue weighted by molar-refractivity contribution is 0.755. The summed E-state index contributed by atoms with van der Waals surface area (Å²) in [5, 5.41) is 17.5. The summed E-state index contributed by atoms with van der Waals surface area (Å²) in [7, 11) is 0. The Morgan fingerprint density at radius 3 is 2.25 bits per heavy atom. The molecule has 0 unspecified atom stereocenters. The molecule has 0 atom stereocenters. The van der Waals surface area contributed by atoms with Gasteiger partial charge in [-0.2, -0.15) is 9.78 Å². The van der Waals surface area contributed by atoms with Crippen LogP contribution >= 0.6 is 11.8 Å². The maximum atomic E-state index is 4.54. The predicted molar refractivity (Wildman–Crippen MR) is 111 cm³/mol. The molecule has 0 spiro atoms. The summed E-state index contributed by atoms with van der Waals surface area (Å²) in [6, 6.07) is 16.8. The molecule has 28 heavy (non-hydrogen) atoms. The maximum absolute atomic E-state index is 4.54. The molecule has 4 rings (SSSR count). The fourth-order valence-electron chi connectivity index (χ4n) is 3.06. The van der Waals surface area contributed by atoms with E-state index in [9.17, 15) is 0 Å². The van der Waals surface area contributed by atoms with Crippen molar-refractivity contribution < 1.29 is 0 Å². The van der Waals surface area contributed by atoms with Crippen molar-refractivity contribution in [2.45, 2.75) is 38.6 Å². The van der Waals surface area contributed by atoms with Crippen LogP contribution in [0, 0.1) is 27.7 Å². The van der Waals surface area contributed by atoms with Crippen molar-refractivity contribution in [2.24, 2.45) is 0 Å². The highest BCUT2D eigenvalue weighted by Crippen LogP contribution is 2.24. The van der Waals surface area contributed by atoms with Crippen LogP contribution in [0.2, 0.25) is 0 Å². The molecule has 0 aliphatic rings. The van der Waals surface area contributed by atoms with Crippen LogP contribution in [0.1, 0.15) is 28.1 Å². The van der Waals surface area contributed by atoms with Crippen LogP contribution in [0.3, 0.4) is 0 Å². The SMILES string of the molecule is Cc1cc(C)n(-c2ccc(CSc3nnnn3-c3ccc(C)c(C)c3)cc2)n1. The number of tetrazole rings is 1. The Morgan fingerprint density at radius 1 is 0.821 bits per heavy atom. The Labute approximate surface area is 168 Å². The monoisotopic (exact) mass is 390 g/mol. The molecule has 6 nitrogen and oxygen atoms in total. The number of nitrogens with zero attached hydrogens (tertiary/aromatic N) is 6. The van der Waals surface area contributed by atoms with E-state index in [0.717, 1.165) is 33.7 Å². The van der Waals surface area contributed by atoms with Crippen molar-refractivity contribution in [3.05, 3.63) is 76.6 Å². The lowest BCUT2D eigenvalue weighted by atomic mass is 10.1. The molecular weight excluding hydrogens is 368 g/mol. The summed E-state index contributed by atoms with van der Waals surface area (Å²) in [6.07, 6.45) is 0. The van der Waals surface area contributed by atoms with Crippen LogP contribution in [0.15, 0.2) is 53.7 Å². The first kappa shape index (κ1) is 18.4. The summed E-state index contributed by atoms with van der Waals surface area (Å²) < 4.78 is 3.76. The number of rotatable bonds is 5. The van der Waals surface area contributed by atoms with E-state index < -0.39 is 0 Å². The highest BCUT2D eigenvalue weighted by atomic mass is 32.2. The first-order chi connectivity index (χ1) is 13.5. The van der Waals surface area contributed by atoms with Gasteiger partial charge in [-0.3, -0.25) is 0 Å². The van der Waals surface area contributed by atoms with Gasteiger partial charge in [0, 0.05) is 11.4 Å². The standard InChI is InChI=1S/C21H22N6S/c1-14-5-8-20(11-15(14)2)27-21(22-24-25-27)28-13-18-6-9-19(10-7-18)26-17(4)12-16(3)23-26/h5-12H,13H2,1-4H3. The van der Waals surface area contributed by atoms with Gasteiger partial charge in [0.1, 0.15) is 0 Å². The first-order valence-corrected chi connectivity index (χ1v) is 10.1. The average Bonchev–Trinajstić information content (AvgIpc) is 3.28. The van der Waals surface area contributed by atoms with Crippen molar-refractivity contribution in [3.63, 3.8) is 0 Å². The van der Waals surface area contributed by atoms with E-state index in [1.54, 1.807) is 16.4 Å². The Bertz CT molecular complexity index is 1110. The normalized spacial score (nSPS) is 11.1. The molecule has 2 aromatic carbocycles. The number of thioether (sulfide) groups is 1. The Hall–Kier alpha value is -2.93. The van der Waals surface area contributed by atoms with Crippen LogP contribution in [-0.4, -0.2) is 30.0 Å². The van der Waals surface area contributed by atoms with E-state index in [2.05, 4.69) is 83.9 Å². The van der Waals surface area contributed by atoms with Gasteiger partial charge in [0.2, 0.25) is 5.16 Å². The van der Waals surface area contributed by atoms with Gasteiger partial charge in [-0.05, 0) is 85.1 Å². The van der Waals surface area contributed by atoms with Gasteiger partial charge in [0.15, 0.2) is 0 Å². The zero-order chi connectivity index (χ0) is 19.7. The summed E-state index contributed by atoms with van der Waals surface area (Å²) in [5.74, 6) is 0.794. The van der Waals surface area contributed by atoms with Crippen molar-refractivity contribution in [2.75, 3.05) is 0 Å². The molecule has 0 saturated heterocycles. The van der Waals surface area contributed by atoms with Crippen LogP contribution in [0.5, 0.6) is 0 Å². The fourth-order valence-corrected chi connectivity index (χ4v) is 3.91. The molecule has 2 aromatic heterocycles. The van der Waals surface area contributed by atoms with E-state index >= 15 is 0 Å². The van der Waals surface area contributed by atoms with Crippen molar-refractivity contribution in [1.29, 1.82) is 0 Å². The van der Waals surface area contributed by atoms with E-state index in [4.69, 9.17) is 0 Å². The van der Waals surface area contributed by atoms with Crippen LogP contribution < -0.4 is 0 Å². The molecule has 0 saturated carbocycles. The molecular formula is C21H22N6S. The van der Waals surface area contributed by atoms with E-state index in [1.165, 1.54) is 16.7 Å². The van der Waals surface area contributed by atoms with Crippen molar-refractivity contribution in [3.8, 4) is 11.4 Å². The molecule has 2 heterocycles. The van der Waals surface area contributed by atoms with Crippen molar-refractivity contribution >= 4 is 11.8 Å². The van der Waals surface area contributed by atoms with E-state index in [1.807, 2.05) is 17.7 Å². The highest BCUT2D eigenvalue weighted by Gasteiger charge is 2.10. The van der Waals surface area contributed by atoms with Crippen molar-refractivity contribution in [1.82, 2.24) is 30.0 Å². The zero-order valence-corrected chi connectivity index (χ0v) is 17.2. The van der Waals surface area contributed by atoms with Crippen LogP contribution in [-0.2, 0) is 5.75 Å². The maximum Gasteiger partial charge on any atom is 0.214 e. The molecule has 0 aliphatic carbocycles. The molecule has 4 aromatic rings. The van der Waals surface area contributed by atoms with Crippen LogP contribution in [0.25, 0.3) is 11.4 Å². The average molecular weight is 391 g/mol. The largest absolute Gasteiger partial charge is 0.238 e. The molecule has 0 amide bonds. The zero-order valence-electron chi connectivity index (χ0n) is 16.4. The smallest absolute Gasteiger partial charge is 0.214 e. The Balaban J connectivity index is 1.49. The van der Waals surface area contributed by atoms with Gasteiger partial charge in [0.05, 0.1) is 17.1 Å². The minimum absolute atomic E-state index is 0.783. The third-order valence-electron chi connectivity index (χ3n) is 4.73. The molecule has 0 aliphatic heterocycles. The van der Waals surface area contributed by atoms with Gasteiger partial charge < -0.3 is 0 Å². The third kappa shape index (κ3) is 3.71. The summed E-state index contributed by atoms with van der Waals surface area (Å²) in [5.41, 5.74) is 7.90. The number of aromatic nitrogens is 6. The minimum Gasteiger partial charge on any atom is -0.238 e. The molecule has 0 fully saturated rings. The second kappa shape index (κ2) is 7.59. The molecule has 7 heteroatoms. The van der Waals surface area contributed by atoms with Gasteiger partial charge in [-0.15, -0.1) is 5.10 Å². The summed E-state index contributed by atoms with van der Waals surface area (Å²) in [4.78, 5) is 0. The molecule has 0 radical (unpaired) electrons. The molecule has 0 bridgehead atoms.